The summed E-state index contributed by atoms with van der Waals surface area (Å²) in [6, 6.07) is 11.9. The summed E-state index contributed by atoms with van der Waals surface area (Å²) in [5, 5.41) is 4.09. The van der Waals surface area contributed by atoms with Gasteiger partial charge in [0.15, 0.2) is 11.5 Å². The van der Waals surface area contributed by atoms with E-state index in [0.29, 0.717) is 23.1 Å². The zero-order chi connectivity index (χ0) is 20.2. The monoisotopic (exact) mass is 405 g/mol. The second-order valence-electron chi connectivity index (χ2n) is 6.81. The molecule has 4 nitrogen and oxygen atoms in total. The minimum Gasteiger partial charge on any atom is -0.494 e. The molecule has 2 aromatic carbocycles. The van der Waals surface area contributed by atoms with Crippen LogP contribution in [0.15, 0.2) is 36.4 Å². The molecule has 0 heterocycles. The van der Waals surface area contributed by atoms with Crippen LogP contribution in [0.4, 0.5) is 0 Å². The van der Waals surface area contributed by atoms with Crippen molar-refractivity contribution in [2.45, 2.75) is 52.1 Å². The van der Waals surface area contributed by atoms with Crippen LogP contribution in [0.2, 0.25) is 5.02 Å². The molecule has 0 amide bonds. The summed E-state index contributed by atoms with van der Waals surface area (Å²) in [4.78, 5) is 0. The van der Waals surface area contributed by atoms with Gasteiger partial charge in [-0.05, 0) is 35.7 Å². The Morgan fingerprint density at radius 2 is 1.64 bits per heavy atom. The number of benzene rings is 2. The first-order valence-electron chi connectivity index (χ1n) is 10.0. The van der Waals surface area contributed by atoms with E-state index in [4.69, 9.17) is 25.8 Å². The van der Waals surface area contributed by atoms with Gasteiger partial charge < -0.3 is 19.5 Å². The average Bonchev–Trinajstić information content (AvgIpc) is 2.71. The molecule has 0 bridgehead atoms. The number of unbranched alkanes of at least 4 members (excludes halogenated alkanes) is 4. The molecular formula is C23H32ClNO3. The molecule has 0 saturated carbocycles. The summed E-state index contributed by atoms with van der Waals surface area (Å²) in [6.07, 6.45) is 6.22. The highest BCUT2D eigenvalue weighted by Gasteiger charge is 2.09. The van der Waals surface area contributed by atoms with Crippen LogP contribution < -0.4 is 19.5 Å². The molecule has 0 spiro atoms. The first-order valence-corrected chi connectivity index (χ1v) is 10.4. The summed E-state index contributed by atoms with van der Waals surface area (Å²) >= 11 is 6.35. The Morgan fingerprint density at radius 3 is 2.39 bits per heavy atom. The van der Waals surface area contributed by atoms with Crippen molar-refractivity contribution in [2.24, 2.45) is 0 Å². The van der Waals surface area contributed by atoms with E-state index in [1.165, 1.54) is 31.2 Å². The highest BCUT2D eigenvalue weighted by atomic mass is 35.5. The lowest BCUT2D eigenvalue weighted by atomic mass is 10.1. The van der Waals surface area contributed by atoms with Crippen molar-refractivity contribution in [3.63, 3.8) is 0 Å². The van der Waals surface area contributed by atoms with E-state index in [1.807, 2.05) is 18.2 Å². The van der Waals surface area contributed by atoms with Crippen molar-refractivity contribution in [1.82, 2.24) is 5.32 Å². The number of ether oxygens (including phenoxy) is 3. The zero-order valence-corrected chi connectivity index (χ0v) is 18.0. The van der Waals surface area contributed by atoms with Gasteiger partial charge in [-0.1, -0.05) is 56.3 Å². The van der Waals surface area contributed by atoms with E-state index < -0.39 is 0 Å². The summed E-state index contributed by atoms with van der Waals surface area (Å²) in [6.45, 7) is 4.39. The Bertz CT molecular complexity index is 721. The van der Waals surface area contributed by atoms with Gasteiger partial charge in [0.05, 0.1) is 20.8 Å². The van der Waals surface area contributed by atoms with E-state index >= 15 is 0 Å². The van der Waals surface area contributed by atoms with Gasteiger partial charge in [-0.15, -0.1) is 0 Å². The third-order valence-corrected chi connectivity index (χ3v) is 4.96. The Balaban J connectivity index is 1.82. The standard InChI is InChI=1S/C23H32ClNO3/c1-4-5-6-7-8-12-28-20-11-9-10-18(13-20)16-25-17-19-14-22(26-2)23(27-3)15-21(19)24/h9-11,13-15,25H,4-8,12,16-17H2,1-3H3. The summed E-state index contributed by atoms with van der Waals surface area (Å²) < 4.78 is 16.5. The number of methoxy groups -OCH3 is 2. The highest BCUT2D eigenvalue weighted by Crippen LogP contribution is 2.33. The van der Waals surface area contributed by atoms with Crippen LogP contribution in [0.25, 0.3) is 0 Å². The van der Waals surface area contributed by atoms with Gasteiger partial charge in [0.1, 0.15) is 5.75 Å². The van der Waals surface area contributed by atoms with Gasteiger partial charge in [0, 0.05) is 24.2 Å². The van der Waals surface area contributed by atoms with E-state index in [2.05, 4.69) is 24.4 Å². The maximum Gasteiger partial charge on any atom is 0.162 e. The minimum absolute atomic E-state index is 0.635. The first-order chi connectivity index (χ1) is 13.7. The Kier molecular flexibility index (Phi) is 10.0. The zero-order valence-electron chi connectivity index (χ0n) is 17.2. The Labute approximate surface area is 174 Å². The number of hydrogen-bond acceptors (Lipinski definition) is 4. The molecule has 0 saturated heterocycles. The van der Waals surface area contributed by atoms with Crippen molar-refractivity contribution in [1.29, 1.82) is 0 Å². The van der Waals surface area contributed by atoms with Crippen molar-refractivity contribution in [3.05, 3.63) is 52.5 Å². The van der Waals surface area contributed by atoms with Crippen LogP contribution in [0.5, 0.6) is 17.2 Å². The third kappa shape index (κ3) is 7.25. The van der Waals surface area contributed by atoms with Crippen LogP contribution in [0, 0.1) is 0 Å². The predicted molar refractivity (Wildman–Crippen MR) is 116 cm³/mol. The number of nitrogens with one attached hydrogen (secondary N) is 1. The molecule has 2 rings (SSSR count). The van der Waals surface area contributed by atoms with Crippen molar-refractivity contribution in [2.75, 3.05) is 20.8 Å². The van der Waals surface area contributed by atoms with Crippen LogP contribution in [0.3, 0.4) is 0 Å². The lowest BCUT2D eigenvalue weighted by Crippen LogP contribution is -2.13. The van der Waals surface area contributed by atoms with Crippen LogP contribution >= 0.6 is 11.6 Å². The summed E-state index contributed by atoms with van der Waals surface area (Å²) in [7, 11) is 3.23. The van der Waals surface area contributed by atoms with Crippen LogP contribution in [-0.4, -0.2) is 20.8 Å². The van der Waals surface area contributed by atoms with E-state index in [1.54, 1.807) is 20.3 Å². The molecule has 1 N–H and O–H groups in total. The van der Waals surface area contributed by atoms with Gasteiger partial charge in [-0.3, -0.25) is 0 Å². The molecule has 0 aliphatic rings. The fourth-order valence-corrected chi connectivity index (χ4v) is 3.23. The van der Waals surface area contributed by atoms with Gasteiger partial charge >= 0.3 is 0 Å². The fourth-order valence-electron chi connectivity index (χ4n) is 3.01. The lowest BCUT2D eigenvalue weighted by Gasteiger charge is -2.13. The number of rotatable bonds is 13. The molecule has 0 unspecified atom stereocenters. The predicted octanol–water partition coefficient (Wildman–Crippen LogP) is 6.00. The quantitative estimate of drug-likeness (QED) is 0.415. The summed E-state index contributed by atoms with van der Waals surface area (Å²) in [5.41, 5.74) is 2.15. The van der Waals surface area contributed by atoms with Gasteiger partial charge in [0.2, 0.25) is 0 Å². The Morgan fingerprint density at radius 1 is 0.893 bits per heavy atom. The molecular weight excluding hydrogens is 374 g/mol. The first kappa shape index (κ1) is 22.4. The van der Waals surface area contributed by atoms with Crippen molar-refractivity contribution < 1.29 is 14.2 Å². The molecule has 0 radical (unpaired) electrons. The van der Waals surface area contributed by atoms with E-state index in [-0.39, 0.29) is 0 Å². The summed E-state index contributed by atoms with van der Waals surface area (Å²) in [5.74, 6) is 2.24. The maximum atomic E-state index is 6.35. The molecule has 28 heavy (non-hydrogen) atoms. The largest absolute Gasteiger partial charge is 0.494 e. The number of hydrogen-bond donors (Lipinski definition) is 1. The van der Waals surface area contributed by atoms with Crippen LogP contribution in [-0.2, 0) is 13.1 Å². The van der Waals surface area contributed by atoms with Crippen molar-refractivity contribution in [3.8, 4) is 17.2 Å². The molecule has 0 aliphatic carbocycles. The minimum atomic E-state index is 0.635. The third-order valence-electron chi connectivity index (χ3n) is 4.61. The topological polar surface area (TPSA) is 39.7 Å². The second kappa shape index (κ2) is 12.5. The molecule has 0 aliphatic heterocycles. The molecule has 5 heteroatoms. The van der Waals surface area contributed by atoms with Gasteiger partial charge in [-0.2, -0.15) is 0 Å². The van der Waals surface area contributed by atoms with E-state index in [0.717, 1.165) is 30.9 Å². The van der Waals surface area contributed by atoms with E-state index in [9.17, 15) is 0 Å². The SMILES string of the molecule is CCCCCCCOc1cccc(CNCc2cc(OC)c(OC)cc2Cl)c1. The second-order valence-corrected chi connectivity index (χ2v) is 7.22. The maximum absolute atomic E-state index is 6.35. The molecule has 2 aromatic rings. The normalized spacial score (nSPS) is 10.7. The fraction of sp³-hybridized carbons (Fsp3) is 0.478. The smallest absolute Gasteiger partial charge is 0.162 e. The van der Waals surface area contributed by atoms with Gasteiger partial charge in [-0.25, -0.2) is 0 Å². The number of halogens is 1. The molecule has 0 fully saturated rings. The average molecular weight is 406 g/mol. The highest BCUT2D eigenvalue weighted by molar-refractivity contribution is 6.31. The van der Waals surface area contributed by atoms with Gasteiger partial charge in [0.25, 0.3) is 0 Å². The Hall–Kier alpha value is -1.91. The molecule has 154 valence electrons. The van der Waals surface area contributed by atoms with Crippen molar-refractivity contribution >= 4 is 11.6 Å². The molecule has 0 aromatic heterocycles. The van der Waals surface area contributed by atoms with Crippen LogP contribution in [0.1, 0.15) is 50.2 Å². The molecule has 0 atom stereocenters. The lowest BCUT2D eigenvalue weighted by molar-refractivity contribution is 0.304.